The summed E-state index contributed by atoms with van der Waals surface area (Å²) in [5.41, 5.74) is 1.11. The molecule has 1 N–H and O–H groups in total. The maximum Gasteiger partial charge on any atom is 0.230 e. The Kier molecular flexibility index (Phi) is 9.40. The number of benzene rings is 1. The first-order valence-electron chi connectivity index (χ1n) is 13.4. The highest BCUT2D eigenvalue weighted by Crippen LogP contribution is 2.35. The molecule has 200 valence electrons. The minimum absolute atomic E-state index is 0.0746. The van der Waals surface area contributed by atoms with Crippen LogP contribution in [0.2, 0.25) is 0 Å². The van der Waals surface area contributed by atoms with E-state index in [1.54, 1.807) is 6.20 Å². The number of nitrogens with one attached hydrogen (secondary N) is 1. The minimum Gasteiger partial charge on any atom is -0.490 e. The van der Waals surface area contributed by atoms with Gasteiger partial charge in [0.05, 0.1) is 19.1 Å². The lowest BCUT2D eigenvalue weighted by molar-refractivity contribution is -0.130. The number of aromatic nitrogens is 5. The number of carbonyl (C=O) groups excluding carboxylic acids is 1. The van der Waals surface area contributed by atoms with Crippen LogP contribution in [0.5, 0.6) is 11.5 Å². The number of aryl methyl sites for hydroxylation is 2. The molecule has 1 aliphatic carbocycles. The normalized spacial score (nSPS) is 15.9. The zero-order valence-corrected chi connectivity index (χ0v) is 22.2. The van der Waals surface area contributed by atoms with Crippen molar-refractivity contribution in [3.05, 3.63) is 48.3 Å². The van der Waals surface area contributed by atoms with Crippen LogP contribution in [0.3, 0.4) is 0 Å². The molecule has 1 saturated heterocycles. The number of hydrogen-bond donors (Lipinski definition) is 1. The molecule has 10 nitrogen and oxygen atoms in total. The molecule has 0 spiro atoms. The van der Waals surface area contributed by atoms with Gasteiger partial charge < -0.3 is 19.3 Å². The van der Waals surface area contributed by atoms with Gasteiger partial charge in [-0.2, -0.15) is 10.2 Å². The van der Waals surface area contributed by atoms with E-state index in [4.69, 9.17) is 9.47 Å². The van der Waals surface area contributed by atoms with E-state index in [9.17, 15) is 4.79 Å². The molecule has 0 radical (unpaired) electrons. The van der Waals surface area contributed by atoms with Crippen LogP contribution >= 0.6 is 0 Å². The van der Waals surface area contributed by atoms with Crippen LogP contribution in [0.15, 0.2) is 36.7 Å². The molecule has 2 aromatic heterocycles. The van der Waals surface area contributed by atoms with E-state index in [0.717, 1.165) is 55.5 Å². The molecule has 1 saturated carbocycles. The van der Waals surface area contributed by atoms with Gasteiger partial charge in [-0.25, -0.2) is 4.98 Å². The van der Waals surface area contributed by atoms with E-state index < -0.39 is 0 Å². The summed E-state index contributed by atoms with van der Waals surface area (Å²) in [6, 6.07) is 8.10. The number of anilines is 1. The number of rotatable bonds is 8. The Bertz CT molecular complexity index is 1100. The van der Waals surface area contributed by atoms with Crippen LogP contribution in [0, 0.1) is 6.92 Å². The highest BCUT2D eigenvalue weighted by molar-refractivity contribution is 5.78. The molecule has 0 unspecified atom stereocenters. The molecule has 2 fully saturated rings. The first-order valence-corrected chi connectivity index (χ1v) is 13.4. The van der Waals surface area contributed by atoms with Crippen molar-refractivity contribution in [2.75, 3.05) is 37.7 Å². The van der Waals surface area contributed by atoms with Crippen molar-refractivity contribution in [3.63, 3.8) is 0 Å². The van der Waals surface area contributed by atoms with Gasteiger partial charge in [0.2, 0.25) is 5.91 Å². The van der Waals surface area contributed by atoms with Crippen molar-refractivity contribution in [1.82, 2.24) is 29.9 Å². The van der Waals surface area contributed by atoms with Gasteiger partial charge in [0, 0.05) is 56.9 Å². The SMILES string of the molecule is CCOc1ccc(N2CCN(C(=O)Cc3n[nH]c(C)n3)CC2)cc1OC1CCCC1.CCn1cccn1. The first-order chi connectivity index (χ1) is 18.1. The summed E-state index contributed by atoms with van der Waals surface area (Å²) in [5, 5.41) is 10.8. The first kappa shape index (κ1) is 26.5. The smallest absolute Gasteiger partial charge is 0.230 e. The van der Waals surface area contributed by atoms with Crippen molar-refractivity contribution in [2.45, 2.75) is 65.5 Å². The molecule has 3 heterocycles. The van der Waals surface area contributed by atoms with Gasteiger partial charge in [-0.15, -0.1) is 0 Å². The zero-order valence-electron chi connectivity index (χ0n) is 22.2. The van der Waals surface area contributed by atoms with Gasteiger partial charge in [0.25, 0.3) is 0 Å². The molecular formula is C27H39N7O3. The Hall–Kier alpha value is -3.56. The van der Waals surface area contributed by atoms with Crippen molar-refractivity contribution >= 4 is 11.6 Å². The zero-order chi connectivity index (χ0) is 26.0. The van der Waals surface area contributed by atoms with E-state index in [2.05, 4.69) is 44.2 Å². The largest absolute Gasteiger partial charge is 0.490 e. The number of hydrogen-bond acceptors (Lipinski definition) is 7. The van der Waals surface area contributed by atoms with Crippen molar-refractivity contribution < 1.29 is 14.3 Å². The summed E-state index contributed by atoms with van der Waals surface area (Å²) in [5.74, 6) is 3.00. The number of nitrogens with zero attached hydrogens (tertiary/aromatic N) is 6. The number of amides is 1. The maximum atomic E-state index is 12.6. The highest BCUT2D eigenvalue weighted by atomic mass is 16.5. The molecule has 10 heteroatoms. The Morgan fingerprint density at radius 2 is 1.89 bits per heavy atom. The lowest BCUT2D eigenvalue weighted by atomic mass is 10.2. The number of carbonyl (C=O) groups is 1. The fourth-order valence-electron chi connectivity index (χ4n) is 4.66. The Morgan fingerprint density at radius 3 is 2.49 bits per heavy atom. The van der Waals surface area contributed by atoms with E-state index >= 15 is 0 Å². The van der Waals surface area contributed by atoms with Gasteiger partial charge in [-0.3, -0.25) is 14.6 Å². The molecule has 0 atom stereocenters. The predicted molar refractivity (Wildman–Crippen MR) is 142 cm³/mol. The monoisotopic (exact) mass is 509 g/mol. The highest BCUT2D eigenvalue weighted by Gasteiger charge is 2.24. The van der Waals surface area contributed by atoms with Gasteiger partial charge in [0.1, 0.15) is 5.82 Å². The number of ether oxygens (including phenoxy) is 2. The summed E-state index contributed by atoms with van der Waals surface area (Å²) in [7, 11) is 0. The fourth-order valence-corrected chi connectivity index (χ4v) is 4.66. The number of H-pyrrole nitrogens is 1. The van der Waals surface area contributed by atoms with Crippen LogP contribution in [0.1, 0.15) is 51.2 Å². The third-order valence-electron chi connectivity index (χ3n) is 6.66. The van der Waals surface area contributed by atoms with E-state index in [-0.39, 0.29) is 18.4 Å². The predicted octanol–water partition coefficient (Wildman–Crippen LogP) is 3.63. The van der Waals surface area contributed by atoms with Gasteiger partial charge in [-0.1, -0.05) is 0 Å². The quantitative estimate of drug-likeness (QED) is 0.495. The summed E-state index contributed by atoms with van der Waals surface area (Å²) in [4.78, 5) is 21.0. The molecule has 5 rings (SSSR count). The van der Waals surface area contributed by atoms with Gasteiger partial charge in [0.15, 0.2) is 17.3 Å². The van der Waals surface area contributed by atoms with Crippen LogP contribution < -0.4 is 14.4 Å². The second-order valence-electron chi connectivity index (χ2n) is 9.33. The van der Waals surface area contributed by atoms with Crippen molar-refractivity contribution in [3.8, 4) is 11.5 Å². The van der Waals surface area contributed by atoms with Crippen LogP contribution in [-0.4, -0.2) is 74.7 Å². The number of aromatic amines is 1. The molecule has 37 heavy (non-hydrogen) atoms. The molecular weight excluding hydrogens is 470 g/mol. The van der Waals surface area contributed by atoms with Crippen molar-refractivity contribution in [1.29, 1.82) is 0 Å². The minimum atomic E-state index is 0.0746. The molecule has 2 aliphatic rings. The lowest BCUT2D eigenvalue weighted by Crippen LogP contribution is -2.49. The van der Waals surface area contributed by atoms with Gasteiger partial charge >= 0.3 is 0 Å². The Morgan fingerprint density at radius 1 is 1.11 bits per heavy atom. The summed E-state index contributed by atoms with van der Waals surface area (Å²) < 4.78 is 13.9. The third kappa shape index (κ3) is 7.47. The van der Waals surface area contributed by atoms with E-state index in [1.807, 2.05) is 41.8 Å². The summed E-state index contributed by atoms with van der Waals surface area (Å²) >= 11 is 0. The van der Waals surface area contributed by atoms with Gasteiger partial charge in [-0.05, 0) is 64.7 Å². The van der Waals surface area contributed by atoms with E-state index in [1.165, 1.54) is 12.8 Å². The van der Waals surface area contributed by atoms with Crippen LogP contribution in [0.4, 0.5) is 5.69 Å². The van der Waals surface area contributed by atoms with Crippen molar-refractivity contribution in [2.24, 2.45) is 0 Å². The maximum absolute atomic E-state index is 12.6. The summed E-state index contributed by atoms with van der Waals surface area (Å²) in [6.07, 6.45) is 8.95. The topological polar surface area (TPSA) is 101 Å². The van der Waals surface area contributed by atoms with Crippen LogP contribution in [0.25, 0.3) is 0 Å². The molecule has 1 aromatic carbocycles. The second kappa shape index (κ2) is 13.1. The molecule has 1 aliphatic heterocycles. The average Bonchev–Trinajstić information content (AvgIpc) is 3.70. The number of piperazine rings is 1. The average molecular weight is 510 g/mol. The second-order valence-corrected chi connectivity index (χ2v) is 9.33. The summed E-state index contributed by atoms with van der Waals surface area (Å²) in [6.45, 7) is 10.4. The third-order valence-corrected chi connectivity index (χ3v) is 6.66. The molecule has 3 aromatic rings. The lowest BCUT2D eigenvalue weighted by Gasteiger charge is -2.36. The van der Waals surface area contributed by atoms with E-state index in [0.29, 0.717) is 25.5 Å². The van der Waals surface area contributed by atoms with Crippen LogP contribution in [-0.2, 0) is 17.8 Å². The Balaban J connectivity index is 0.000000396. The molecule has 1 amide bonds. The molecule has 0 bridgehead atoms. The standard InChI is InChI=1S/C22H31N5O3.C5H8N2/c1-3-29-19-9-8-17(14-20(19)30-18-6-4-5-7-18)26-10-12-27(13-11-26)22(28)15-21-23-16(2)24-25-21;1-2-7-5-3-4-6-7/h8-9,14,18H,3-7,10-13,15H2,1-2H3,(H,23,24,25);3-5H,2H2,1H3. The fraction of sp³-hybridized carbons (Fsp3) is 0.556. The Labute approximate surface area is 219 Å².